The van der Waals surface area contributed by atoms with E-state index in [4.69, 9.17) is 9.47 Å². The molecule has 0 saturated carbocycles. The van der Waals surface area contributed by atoms with Crippen molar-refractivity contribution in [2.75, 3.05) is 20.0 Å². The number of thiazole rings is 1. The van der Waals surface area contributed by atoms with E-state index in [-0.39, 0.29) is 5.91 Å². The smallest absolute Gasteiger partial charge is 0.230 e. The molecule has 0 saturated heterocycles. The van der Waals surface area contributed by atoms with Crippen molar-refractivity contribution in [2.24, 2.45) is 0 Å². The lowest BCUT2D eigenvalue weighted by atomic mass is 10.1. The van der Waals surface area contributed by atoms with Crippen molar-refractivity contribution in [3.8, 4) is 22.8 Å². The third-order valence-corrected chi connectivity index (χ3v) is 6.12. The summed E-state index contributed by atoms with van der Waals surface area (Å²) in [6.45, 7) is 2.50. The van der Waals surface area contributed by atoms with Gasteiger partial charge in [-0.05, 0) is 24.6 Å². The minimum Gasteiger partial charge on any atom is -0.493 e. The summed E-state index contributed by atoms with van der Waals surface area (Å²) in [7, 11) is 3.19. The summed E-state index contributed by atoms with van der Waals surface area (Å²) >= 11 is 3.00. The largest absolute Gasteiger partial charge is 0.493 e. The SMILES string of the molecule is COc1ccc(CNC(=O)CSc2nc(-c3ccc(C)cc3)cs2)cc1OC. The van der Waals surface area contributed by atoms with E-state index >= 15 is 0 Å². The highest BCUT2D eigenvalue weighted by atomic mass is 32.2. The van der Waals surface area contributed by atoms with Crippen molar-refractivity contribution in [1.82, 2.24) is 10.3 Å². The van der Waals surface area contributed by atoms with Crippen molar-refractivity contribution in [3.05, 3.63) is 59.0 Å². The zero-order valence-corrected chi connectivity index (χ0v) is 17.7. The Kier molecular flexibility index (Phi) is 6.95. The van der Waals surface area contributed by atoms with Crippen LogP contribution in [0.4, 0.5) is 0 Å². The number of ether oxygens (including phenoxy) is 2. The highest BCUT2D eigenvalue weighted by Crippen LogP contribution is 2.29. The Morgan fingerprint density at radius 1 is 1.11 bits per heavy atom. The first-order valence-electron chi connectivity index (χ1n) is 8.72. The fraction of sp³-hybridized carbons (Fsp3) is 0.238. The molecule has 0 aliphatic heterocycles. The predicted molar refractivity (Wildman–Crippen MR) is 114 cm³/mol. The van der Waals surface area contributed by atoms with E-state index < -0.39 is 0 Å². The molecule has 3 aromatic rings. The molecular formula is C21H22N2O3S2. The minimum atomic E-state index is -0.0353. The molecule has 0 radical (unpaired) electrons. The number of nitrogens with zero attached hydrogens (tertiary/aromatic N) is 1. The molecule has 0 fully saturated rings. The summed E-state index contributed by atoms with van der Waals surface area (Å²) in [5.74, 6) is 1.61. The number of rotatable bonds is 8. The van der Waals surface area contributed by atoms with E-state index in [1.807, 2.05) is 23.6 Å². The van der Waals surface area contributed by atoms with Gasteiger partial charge < -0.3 is 14.8 Å². The standard InChI is InChI=1S/C21H22N2O3S2/c1-14-4-7-16(8-5-14)17-12-27-21(23-17)28-13-20(24)22-11-15-6-9-18(25-2)19(10-15)26-3/h4-10,12H,11,13H2,1-3H3,(H,22,24). The van der Waals surface area contributed by atoms with Crippen LogP contribution in [0.15, 0.2) is 52.2 Å². The number of hydrogen-bond acceptors (Lipinski definition) is 6. The van der Waals surface area contributed by atoms with Crippen molar-refractivity contribution in [1.29, 1.82) is 0 Å². The molecule has 0 aliphatic carbocycles. The molecular weight excluding hydrogens is 392 g/mol. The van der Waals surface area contributed by atoms with Crippen LogP contribution >= 0.6 is 23.1 Å². The molecule has 0 spiro atoms. The van der Waals surface area contributed by atoms with Gasteiger partial charge in [-0.15, -0.1) is 11.3 Å². The average molecular weight is 415 g/mol. The first-order valence-corrected chi connectivity index (χ1v) is 10.6. The van der Waals surface area contributed by atoms with E-state index in [2.05, 4.69) is 41.5 Å². The fourth-order valence-corrected chi connectivity index (χ4v) is 4.22. The second-order valence-electron chi connectivity index (χ2n) is 6.12. The van der Waals surface area contributed by atoms with Crippen LogP contribution in [-0.4, -0.2) is 30.9 Å². The molecule has 2 aromatic carbocycles. The highest BCUT2D eigenvalue weighted by Gasteiger charge is 2.09. The van der Waals surface area contributed by atoms with Gasteiger partial charge in [0.2, 0.25) is 5.91 Å². The number of carbonyl (C=O) groups is 1. The molecule has 146 valence electrons. The first kappa shape index (κ1) is 20.2. The van der Waals surface area contributed by atoms with E-state index in [0.29, 0.717) is 23.8 Å². The van der Waals surface area contributed by atoms with Gasteiger partial charge in [-0.25, -0.2) is 4.98 Å². The van der Waals surface area contributed by atoms with Crippen LogP contribution in [0.2, 0.25) is 0 Å². The monoisotopic (exact) mass is 414 g/mol. The molecule has 28 heavy (non-hydrogen) atoms. The second-order valence-corrected chi connectivity index (χ2v) is 8.20. The summed E-state index contributed by atoms with van der Waals surface area (Å²) in [6.07, 6.45) is 0. The lowest BCUT2D eigenvalue weighted by Crippen LogP contribution is -2.24. The van der Waals surface area contributed by atoms with Crippen LogP contribution in [0.25, 0.3) is 11.3 Å². The van der Waals surface area contributed by atoms with Crippen LogP contribution in [0.5, 0.6) is 11.5 Å². The maximum Gasteiger partial charge on any atom is 0.230 e. The summed E-state index contributed by atoms with van der Waals surface area (Å²) in [5.41, 5.74) is 4.21. The van der Waals surface area contributed by atoms with Gasteiger partial charge in [0.15, 0.2) is 15.8 Å². The van der Waals surface area contributed by atoms with Crippen LogP contribution in [0.1, 0.15) is 11.1 Å². The maximum atomic E-state index is 12.2. The first-order chi connectivity index (χ1) is 13.6. The lowest BCUT2D eigenvalue weighted by molar-refractivity contribution is -0.118. The van der Waals surface area contributed by atoms with Gasteiger partial charge in [-0.2, -0.15) is 0 Å². The number of amides is 1. The quantitative estimate of drug-likeness (QED) is 0.548. The van der Waals surface area contributed by atoms with Gasteiger partial charge in [0.25, 0.3) is 0 Å². The average Bonchev–Trinajstić information content (AvgIpc) is 3.20. The third kappa shape index (κ3) is 5.27. The summed E-state index contributed by atoms with van der Waals surface area (Å²) in [6, 6.07) is 13.9. The number of carbonyl (C=O) groups excluding carboxylic acids is 1. The second kappa shape index (κ2) is 9.61. The number of benzene rings is 2. The normalized spacial score (nSPS) is 10.5. The predicted octanol–water partition coefficient (Wildman–Crippen LogP) is 4.54. The van der Waals surface area contributed by atoms with Gasteiger partial charge in [-0.1, -0.05) is 47.7 Å². The van der Waals surface area contributed by atoms with Gasteiger partial charge in [0.1, 0.15) is 0 Å². The molecule has 1 amide bonds. The zero-order chi connectivity index (χ0) is 19.9. The number of nitrogens with one attached hydrogen (secondary N) is 1. The van der Waals surface area contributed by atoms with Crippen molar-refractivity contribution >= 4 is 29.0 Å². The molecule has 1 heterocycles. The Morgan fingerprint density at radius 2 is 1.86 bits per heavy atom. The van der Waals surface area contributed by atoms with Crippen molar-refractivity contribution < 1.29 is 14.3 Å². The molecule has 0 bridgehead atoms. The van der Waals surface area contributed by atoms with Crippen molar-refractivity contribution in [3.63, 3.8) is 0 Å². The van der Waals surface area contributed by atoms with E-state index in [1.165, 1.54) is 17.3 Å². The lowest BCUT2D eigenvalue weighted by Gasteiger charge is -2.10. The zero-order valence-electron chi connectivity index (χ0n) is 16.0. The Bertz CT molecular complexity index is 939. The number of aromatic nitrogens is 1. The Morgan fingerprint density at radius 3 is 2.57 bits per heavy atom. The summed E-state index contributed by atoms with van der Waals surface area (Å²) in [5, 5.41) is 4.95. The van der Waals surface area contributed by atoms with Crippen LogP contribution in [0.3, 0.4) is 0 Å². The van der Waals surface area contributed by atoms with E-state index in [0.717, 1.165) is 21.2 Å². The Balaban J connectivity index is 1.50. The van der Waals surface area contributed by atoms with Crippen LogP contribution in [-0.2, 0) is 11.3 Å². The van der Waals surface area contributed by atoms with E-state index in [1.54, 1.807) is 25.6 Å². The Hall–Kier alpha value is -2.51. The highest BCUT2D eigenvalue weighted by molar-refractivity contribution is 8.01. The van der Waals surface area contributed by atoms with Gasteiger partial charge >= 0.3 is 0 Å². The van der Waals surface area contributed by atoms with Crippen LogP contribution in [0, 0.1) is 6.92 Å². The van der Waals surface area contributed by atoms with Gasteiger partial charge in [0, 0.05) is 17.5 Å². The van der Waals surface area contributed by atoms with Gasteiger partial charge in [-0.3, -0.25) is 4.79 Å². The topological polar surface area (TPSA) is 60.5 Å². The fourth-order valence-electron chi connectivity index (χ4n) is 2.55. The summed E-state index contributed by atoms with van der Waals surface area (Å²) < 4.78 is 11.4. The number of thioether (sulfide) groups is 1. The molecule has 1 N–H and O–H groups in total. The minimum absolute atomic E-state index is 0.0353. The molecule has 0 atom stereocenters. The molecule has 7 heteroatoms. The molecule has 0 unspecified atom stereocenters. The number of aryl methyl sites for hydroxylation is 1. The molecule has 3 rings (SSSR count). The number of hydrogen-bond donors (Lipinski definition) is 1. The Labute approximate surface area is 173 Å². The molecule has 1 aromatic heterocycles. The third-order valence-electron chi connectivity index (χ3n) is 4.09. The van der Waals surface area contributed by atoms with Crippen LogP contribution < -0.4 is 14.8 Å². The van der Waals surface area contributed by atoms with Gasteiger partial charge in [0.05, 0.1) is 25.7 Å². The van der Waals surface area contributed by atoms with Crippen molar-refractivity contribution in [2.45, 2.75) is 17.8 Å². The molecule has 0 aliphatic rings. The van der Waals surface area contributed by atoms with E-state index in [9.17, 15) is 4.79 Å². The summed E-state index contributed by atoms with van der Waals surface area (Å²) in [4.78, 5) is 16.8. The number of methoxy groups -OCH3 is 2. The molecule has 5 nitrogen and oxygen atoms in total. The maximum absolute atomic E-state index is 12.2.